The van der Waals surface area contributed by atoms with Crippen LogP contribution in [-0.4, -0.2) is 36.7 Å². The van der Waals surface area contributed by atoms with Crippen LogP contribution in [0.15, 0.2) is 24.3 Å². The summed E-state index contributed by atoms with van der Waals surface area (Å²) in [6.07, 6.45) is 11.1. The number of fused-ring (bicyclic) bond motifs is 5. The fourth-order valence-electron chi connectivity index (χ4n) is 10.1. The van der Waals surface area contributed by atoms with Gasteiger partial charge in [0.05, 0.1) is 11.6 Å². The number of carbonyl (C=O) groups is 1. The first kappa shape index (κ1) is 27.6. The molecular weight excluding hydrogens is 472 g/mol. The molecule has 0 saturated heterocycles. The molecule has 5 rings (SSSR count). The van der Waals surface area contributed by atoms with Gasteiger partial charge in [-0.05, 0) is 123 Å². The molecule has 0 spiro atoms. The summed E-state index contributed by atoms with van der Waals surface area (Å²) in [4.78, 5) is 13.1. The van der Waals surface area contributed by atoms with Gasteiger partial charge in [-0.3, -0.25) is 4.79 Å². The number of hydrogen-bond donors (Lipinski definition) is 3. The summed E-state index contributed by atoms with van der Waals surface area (Å²) in [5, 5.41) is 12.4. The molecule has 4 fully saturated rings. The lowest BCUT2D eigenvalue weighted by Gasteiger charge is -2.72. The lowest BCUT2D eigenvalue weighted by Crippen LogP contribution is -2.83. The molecule has 4 aliphatic carbocycles. The fourth-order valence-corrected chi connectivity index (χ4v) is 10.1. The predicted molar refractivity (Wildman–Crippen MR) is 150 cm³/mol. The van der Waals surface area contributed by atoms with Crippen LogP contribution < -0.4 is 16.8 Å². The number of ether oxygens (including phenoxy) is 1. The summed E-state index contributed by atoms with van der Waals surface area (Å²) in [7, 11) is 1.83. The molecule has 5 N–H and O–H groups in total. The van der Waals surface area contributed by atoms with Gasteiger partial charge in [0.25, 0.3) is 5.91 Å². The Morgan fingerprint density at radius 1 is 1.11 bits per heavy atom. The van der Waals surface area contributed by atoms with Crippen LogP contribution in [0.5, 0.6) is 0 Å². The van der Waals surface area contributed by atoms with Crippen molar-refractivity contribution in [3.05, 3.63) is 35.4 Å². The van der Waals surface area contributed by atoms with E-state index in [1.807, 2.05) is 7.11 Å². The summed E-state index contributed by atoms with van der Waals surface area (Å²) < 4.78 is 5.53. The Morgan fingerprint density at radius 2 is 1.84 bits per heavy atom. The van der Waals surface area contributed by atoms with Gasteiger partial charge in [-0.15, -0.1) is 0 Å². The zero-order valence-corrected chi connectivity index (χ0v) is 23.9. The summed E-state index contributed by atoms with van der Waals surface area (Å²) in [5.41, 5.74) is 15.7. The van der Waals surface area contributed by atoms with Gasteiger partial charge in [0.2, 0.25) is 0 Å². The van der Waals surface area contributed by atoms with Crippen molar-refractivity contribution in [2.24, 2.45) is 46.0 Å². The zero-order chi connectivity index (χ0) is 27.3. The largest absolute Gasteiger partial charge is 0.384 e. The van der Waals surface area contributed by atoms with Crippen molar-refractivity contribution in [1.82, 2.24) is 5.32 Å². The molecule has 0 radical (unpaired) electrons. The second kappa shape index (κ2) is 9.91. The highest BCUT2D eigenvalue weighted by Crippen LogP contribution is 2.68. The molecule has 0 bridgehead atoms. The Morgan fingerprint density at radius 3 is 2.53 bits per heavy atom. The van der Waals surface area contributed by atoms with Gasteiger partial charge in [0.15, 0.2) is 0 Å². The van der Waals surface area contributed by atoms with Gasteiger partial charge in [0, 0.05) is 36.4 Å². The Hall–Kier alpha value is -1.94. The molecule has 6 nitrogen and oxygen atoms in total. The van der Waals surface area contributed by atoms with E-state index in [0.29, 0.717) is 28.9 Å². The summed E-state index contributed by atoms with van der Waals surface area (Å²) >= 11 is 0. The summed E-state index contributed by atoms with van der Waals surface area (Å²) in [6.45, 7) is 7.93. The smallest absolute Gasteiger partial charge is 0.251 e. The van der Waals surface area contributed by atoms with Crippen LogP contribution in [-0.2, 0) is 4.74 Å². The van der Waals surface area contributed by atoms with Crippen LogP contribution in [0.3, 0.4) is 0 Å². The number of nitriles is 1. The van der Waals surface area contributed by atoms with E-state index in [-0.39, 0.29) is 34.2 Å². The Kier molecular flexibility index (Phi) is 7.20. The number of nitrogens with two attached hydrogens (primary N) is 2. The standard InChI is InChI=1S/C32H48N4O2/c1-21(36-28(37)24-9-7-22(19-33)8-10-24)26-6-5-14-32(35)30(26,3)16-13-27-29(2)15-11-23(20-38-4)18-25(29)12-17-31(27,32)34/h7-10,21,23,25-27H,5-6,11-18,20,34-35H2,1-4H3,(H,36,37)/t21-,23-,25+,26?,27?,29-,30+,31-,32-/m0/s1. The number of nitrogens with zero attached hydrogens (tertiary/aromatic N) is 1. The lowest BCUT2D eigenvalue weighted by molar-refractivity contribution is -0.175. The van der Waals surface area contributed by atoms with Crippen molar-refractivity contribution in [2.45, 2.75) is 102 Å². The van der Waals surface area contributed by atoms with Gasteiger partial charge in [0.1, 0.15) is 0 Å². The monoisotopic (exact) mass is 520 g/mol. The second-order valence-corrected chi connectivity index (χ2v) is 13.8. The molecule has 208 valence electrons. The maximum absolute atomic E-state index is 13.1. The average Bonchev–Trinajstić information content (AvgIpc) is 2.89. The molecule has 4 aliphatic rings. The SMILES string of the molecule is COC[C@H]1CC[C@]2(C)C3CC[C@]4(C)C([C@H](C)NC(=O)c5ccc(C#N)cc5)CCC[C@@]4(N)[C@]3(N)CC[C@@H]2C1. The molecule has 2 unspecified atom stereocenters. The average molecular weight is 521 g/mol. The molecule has 9 atom stereocenters. The van der Waals surface area contributed by atoms with Crippen LogP contribution in [0.25, 0.3) is 0 Å². The van der Waals surface area contributed by atoms with Crippen LogP contribution in [0.1, 0.15) is 101 Å². The molecular formula is C32H48N4O2. The number of carbonyl (C=O) groups excluding carboxylic acids is 1. The van der Waals surface area contributed by atoms with Gasteiger partial charge in [-0.1, -0.05) is 20.3 Å². The summed E-state index contributed by atoms with van der Waals surface area (Å²) in [5.74, 6) is 2.00. The van der Waals surface area contributed by atoms with Crippen molar-refractivity contribution >= 4 is 5.91 Å². The topological polar surface area (TPSA) is 114 Å². The van der Waals surface area contributed by atoms with Gasteiger partial charge in [-0.25, -0.2) is 0 Å². The quantitative estimate of drug-likeness (QED) is 0.497. The van der Waals surface area contributed by atoms with Crippen molar-refractivity contribution in [1.29, 1.82) is 5.26 Å². The van der Waals surface area contributed by atoms with E-state index in [0.717, 1.165) is 51.6 Å². The minimum Gasteiger partial charge on any atom is -0.384 e. The first-order valence-corrected chi connectivity index (χ1v) is 14.9. The van der Waals surface area contributed by atoms with Crippen LogP contribution >= 0.6 is 0 Å². The lowest BCUT2D eigenvalue weighted by atomic mass is 9.36. The Balaban J connectivity index is 1.38. The Labute approximate surface area is 229 Å². The maximum atomic E-state index is 13.1. The molecule has 0 heterocycles. The molecule has 6 heteroatoms. The van der Waals surface area contributed by atoms with Gasteiger partial charge >= 0.3 is 0 Å². The van der Waals surface area contributed by atoms with E-state index in [4.69, 9.17) is 21.5 Å². The van der Waals surface area contributed by atoms with E-state index in [1.165, 1.54) is 19.3 Å². The molecule has 0 aliphatic heterocycles. The predicted octanol–water partition coefficient (Wildman–Crippen LogP) is 5.15. The van der Waals surface area contributed by atoms with Crippen molar-refractivity contribution in [3.8, 4) is 6.07 Å². The third-order valence-electron chi connectivity index (χ3n) is 12.3. The third-order valence-corrected chi connectivity index (χ3v) is 12.3. The van der Waals surface area contributed by atoms with E-state index in [1.54, 1.807) is 24.3 Å². The minimum absolute atomic E-state index is 0.0112. The molecule has 4 saturated carbocycles. The van der Waals surface area contributed by atoms with Crippen molar-refractivity contribution in [3.63, 3.8) is 0 Å². The van der Waals surface area contributed by atoms with E-state index < -0.39 is 5.54 Å². The minimum atomic E-state index is -0.448. The third kappa shape index (κ3) is 4.03. The Bertz CT molecular complexity index is 1080. The van der Waals surface area contributed by atoms with Crippen LogP contribution in [0, 0.1) is 45.8 Å². The second-order valence-electron chi connectivity index (χ2n) is 13.8. The number of rotatable bonds is 5. The van der Waals surface area contributed by atoms with Crippen LogP contribution in [0.4, 0.5) is 0 Å². The highest BCUT2D eigenvalue weighted by atomic mass is 16.5. The van der Waals surface area contributed by atoms with E-state index in [9.17, 15) is 4.79 Å². The van der Waals surface area contributed by atoms with Crippen LogP contribution in [0.2, 0.25) is 0 Å². The first-order valence-electron chi connectivity index (χ1n) is 14.9. The van der Waals surface area contributed by atoms with Crippen molar-refractivity contribution in [2.75, 3.05) is 13.7 Å². The highest BCUT2D eigenvalue weighted by molar-refractivity contribution is 5.94. The van der Waals surface area contributed by atoms with Crippen molar-refractivity contribution < 1.29 is 9.53 Å². The molecule has 0 aromatic heterocycles. The number of amides is 1. The normalized spacial score (nSPS) is 43.1. The fraction of sp³-hybridized carbons (Fsp3) is 0.750. The number of hydrogen-bond acceptors (Lipinski definition) is 5. The number of benzene rings is 1. The summed E-state index contributed by atoms with van der Waals surface area (Å²) in [6, 6.07) is 8.97. The molecule has 1 aromatic carbocycles. The van der Waals surface area contributed by atoms with E-state index >= 15 is 0 Å². The molecule has 1 aromatic rings. The maximum Gasteiger partial charge on any atom is 0.251 e. The number of methoxy groups -OCH3 is 1. The molecule has 38 heavy (non-hydrogen) atoms. The molecule has 1 amide bonds. The van der Waals surface area contributed by atoms with Gasteiger partial charge in [-0.2, -0.15) is 5.26 Å². The number of nitrogens with one attached hydrogen (secondary N) is 1. The van der Waals surface area contributed by atoms with E-state index in [2.05, 4.69) is 32.2 Å². The first-order chi connectivity index (χ1) is 18.0. The van der Waals surface area contributed by atoms with Gasteiger partial charge < -0.3 is 21.5 Å². The zero-order valence-electron chi connectivity index (χ0n) is 23.9. The highest BCUT2D eigenvalue weighted by Gasteiger charge is 2.70.